The zero-order valence-electron chi connectivity index (χ0n) is 12.0. The number of likely N-dealkylation sites (N-methyl/N-ethyl adjacent to an activating group) is 1. The van der Waals surface area contributed by atoms with Crippen molar-refractivity contribution in [2.75, 3.05) is 26.7 Å². The average molecular weight is 267 g/mol. The normalized spacial score (nSPS) is 33.2. The average Bonchev–Trinajstić information content (AvgIpc) is 2.55. The van der Waals surface area contributed by atoms with Crippen molar-refractivity contribution in [1.29, 1.82) is 0 Å². The Morgan fingerprint density at radius 3 is 2.74 bits per heavy atom. The van der Waals surface area contributed by atoms with Crippen LogP contribution in [0.2, 0.25) is 0 Å². The lowest BCUT2D eigenvalue weighted by molar-refractivity contribution is -0.142. The molecule has 1 saturated heterocycles. The molecule has 0 spiro atoms. The van der Waals surface area contributed by atoms with Crippen molar-refractivity contribution < 1.29 is 9.59 Å². The Morgan fingerprint density at radius 1 is 1.32 bits per heavy atom. The van der Waals surface area contributed by atoms with Crippen molar-refractivity contribution in [3.63, 3.8) is 0 Å². The molecule has 1 saturated carbocycles. The molecule has 3 atom stereocenters. The molecule has 2 rings (SSSR count). The first-order chi connectivity index (χ1) is 8.99. The summed E-state index contributed by atoms with van der Waals surface area (Å²) in [4.78, 5) is 27.8. The highest BCUT2D eigenvalue weighted by molar-refractivity contribution is 5.86. The molecule has 2 amide bonds. The Hall–Kier alpha value is -1.10. The number of hydrogen-bond donors (Lipinski definition) is 1. The molecule has 2 fully saturated rings. The zero-order valence-corrected chi connectivity index (χ0v) is 12.0. The van der Waals surface area contributed by atoms with Gasteiger partial charge in [-0.1, -0.05) is 6.92 Å². The summed E-state index contributed by atoms with van der Waals surface area (Å²) in [5, 5.41) is 0. The van der Waals surface area contributed by atoms with Gasteiger partial charge in [-0.3, -0.25) is 9.59 Å². The molecule has 19 heavy (non-hydrogen) atoms. The molecule has 0 aromatic rings. The Morgan fingerprint density at radius 2 is 2.05 bits per heavy atom. The molecule has 108 valence electrons. The number of carbonyl (C=O) groups excluding carboxylic acids is 2. The van der Waals surface area contributed by atoms with Crippen LogP contribution in [0.15, 0.2) is 0 Å². The summed E-state index contributed by atoms with van der Waals surface area (Å²) in [5.74, 6) is 0.660. The van der Waals surface area contributed by atoms with Gasteiger partial charge in [-0.2, -0.15) is 0 Å². The van der Waals surface area contributed by atoms with E-state index in [0.717, 1.165) is 32.2 Å². The second-order valence-electron chi connectivity index (χ2n) is 6.08. The highest BCUT2D eigenvalue weighted by Crippen LogP contribution is 2.29. The van der Waals surface area contributed by atoms with E-state index in [9.17, 15) is 9.59 Å². The molecule has 3 unspecified atom stereocenters. The third-order valence-electron chi connectivity index (χ3n) is 4.57. The Bertz CT molecular complexity index is 359. The molecular weight excluding hydrogens is 242 g/mol. The Balaban J connectivity index is 1.97. The third kappa shape index (κ3) is 3.26. The fourth-order valence-electron chi connectivity index (χ4n) is 3.08. The minimum atomic E-state index is 0.0476. The molecule has 2 aliphatic rings. The van der Waals surface area contributed by atoms with E-state index in [-0.39, 0.29) is 30.3 Å². The summed E-state index contributed by atoms with van der Waals surface area (Å²) in [7, 11) is 1.80. The molecule has 0 aromatic carbocycles. The topological polar surface area (TPSA) is 66.6 Å². The smallest absolute Gasteiger partial charge is 0.241 e. The van der Waals surface area contributed by atoms with E-state index in [4.69, 9.17) is 5.73 Å². The van der Waals surface area contributed by atoms with Gasteiger partial charge in [0, 0.05) is 32.1 Å². The molecule has 1 aliphatic carbocycles. The summed E-state index contributed by atoms with van der Waals surface area (Å²) in [6.07, 6.45) is 3.51. The summed E-state index contributed by atoms with van der Waals surface area (Å²) >= 11 is 0. The lowest BCUT2D eigenvalue weighted by Crippen LogP contribution is -2.44. The van der Waals surface area contributed by atoms with Crippen molar-refractivity contribution in [3.8, 4) is 0 Å². The van der Waals surface area contributed by atoms with Crippen molar-refractivity contribution >= 4 is 11.8 Å². The summed E-state index contributed by atoms with van der Waals surface area (Å²) in [6, 6.07) is 0.223. The van der Waals surface area contributed by atoms with Gasteiger partial charge in [0.2, 0.25) is 11.8 Å². The van der Waals surface area contributed by atoms with Crippen LogP contribution in [0.3, 0.4) is 0 Å². The number of amides is 2. The minimum Gasteiger partial charge on any atom is -0.344 e. The molecule has 1 heterocycles. The molecule has 5 heteroatoms. The van der Waals surface area contributed by atoms with Crippen LogP contribution in [-0.4, -0.2) is 54.3 Å². The van der Waals surface area contributed by atoms with Crippen LogP contribution in [0.5, 0.6) is 0 Å². The quantitative estimate of drug-likeness (QED) is 0.749. The van der Waals surface area contributed by atoms with Crippen LogP contribution >= 0.6 is 0 Å². The highest BCUT2D eigenvalue weighted by atomic mass is 16.2. The van der Waals surface area contributed by atoms with Crippen LogP contribution in [0.4, 0.5) is 0 Å². The minimum absolute atomic E-state index is 0.0476. The maximum atomic E-state index is 12.5. The standard InChI is InChI=1S/C14H25N3O2/c1-10-8-11(4-5-12(10)15)14(19)17-7-3-6-16(2)13(18)9-17/h10-12H,3-9,15H2,1-2H3. The van der Waals surface area contributed by atoms with Gasteiger partial charge in [0.1, 0.15) is 0 Å². The summed E-state index contributed by atoms with van der Waals surface area (Å²) < 4.78 is 0. The maximum Gasteiger partial charge on any atom is 0.241 e. The van der Waals surface area contributed by atoms with Crippen LogP contribution in [0, 0.1) is 11.8 Å². The second-order valence-corrected chi connectivity index (χ2v) is 6.08. The Kier molecular flexibility index (Phi) is 4.45. The van der Waals surface area contributed by atoms with Gasteiger partial charge in [0.15, 0.2) is 0 Å². The lowest BCUT2D eigenvalue weighted by Gasteiger charge is -2.33. The van der Waals surface area contributed by atoms with Gasteiger partial charge in [-0.05, 0) is 31.6 Å². The fourth-order valence-corrected chi connectivity index (χ4v) is 3.08. The number of nitrogens with two attached hydrogens (primary N) is 1. The highest BCUT2D eigenvalue weighted by Gasteiger charge is 2.33. The Labute approximate surface area is 115 Å². The maximum absolute atomic E-state index is 12.5. The molecule has 2 N–H and O–H groups in total. The second kappa shape index (κ2) is 5.90. The van der Waals surface area contributed by atoms with Gasteiger partial charge in [-0.25, -0.2) is 0 Å². The van der Waals surface area contributed by atoms with Crippen molar-refractivity contribution in [2.45, 2.75) is 38.6 Å². The number of rotatable bonds is 1. The first kappa shape index (κ1) is 14.3. The zero-order chi connectivity index (χ0) is 14.0. The van der Waals surface area contributed by atoms with E-state index in [1.54, 1.807) is 16.8 Å². The van der Waals surface area contributed by atoms with Gasteiger partial charge in [0.05, 0.1) is 6.54 Å². The first-order valence-corrected chi connectivity index (χ1v) is 7.27. The van der Waals surface area contributed by atoms with Crippen molar-refractivity contribution in [2.24, 2.45) is 17.6 Å². The number of nitrogens with zero attached hydrogens (tertiary/aromatic N) is 2. The lowest BCUT2D eigenvalue weighted by atomic mass is 9.78. The van der Waals surface area contributed by atoms with Gasteiger partial charge in [-0.15, -0.1) is 0 Å². The van der Waals surface area contributed by atoms with Crippen LogP contribution in [0.1, 0.15) is 32.6 Å². The van der Waals surface area contributed by atoms with Gasteiger partial charge in [0.25, 0.3) is 0 Å². The predicted octanol–water partition coefficient (Wildman–Crippen LogP) is 0.441. The van der Waals surface area contributed by atoms with Crippen molar-refractivity contribution in [1.82, 2.24) is 9.80 Å². The molecule has 0 bridgehead atoms. The van der Waals surface area contributed by atoms with Gasteiger partial charge < -0.3 is 15.5 Å². The summed E-state index contributed by atoms with van der Waals surface area (Å²) in [5.41, 5.74) is 6.00. The van der Waals surface area contributed by atoms with Crippen LogP contribution < -0.4 is 5.73 Å². The van der Waals surface area contributed by atoms with Gasteiger partial charge >= 0.3 is 0 Å². The van der Waals surface area contributed by atoms with E-state index in [1.807, 2.05) is 0 Å². The molecule has 5 nitrogen and oxygen atoms in total. The van der Waals surface area contributed by atoms with Crippen LogP contribution in [0.25, 0.3) is 0 Å². The van der Waals surface area contributed by atoms with Crippen LogP contribution in [-0.2, 0) is 9.59 Å². The largest absolute Gasteiger partial charge is 0.344 e. The molecule has 0 aromatic heterocycles. The predicted molar refractivity (Wildman–Crippen MR) is 73.3 cm³/mol. The molecule has 0 radical (unpaired) electrons. The molecule has 1 aliphatic heterocycles. The van der Waals surface area contributed by atoms with E-state index in [0.29, 0.717) is 12.5 Å². The summed E-state index contributed by atoms with van der Waals surface area (Å²) in [6.45, 7) is 3.80. The third-order valence-corrected chi connectivity index (χ3v) is 4.57. The first-order valence-electron chi connectivity index (χ1n) is 7.27. The SMILES string of the molecule is CC1CC(C(=O)N2CCCN(C)C(=O)C2)CCC1N. The van der Waals surface area contributed by atoms with E-state index < -0.39 is 0 Å². The van der Waals surface area contributed by atoms with E-state index in [1.165, 1.54) is 0 Å². The van der Waals surface area contributed by atoms with E-state index >= 15 is 0 Å². The van der Waals surface area contributed by atoms with E-state index in [2.05, 4.69) is 6.92 Å². The number of hydrogen-bond acceptors (Lipinski definition) is 3. The fraction of sp³-hybridized carbons (Fsp3) is 0.857. The number of carbonyl (C=O) groups is 2. The molecular formula is C14H25N3O2. The van der Waals surface area contributed by atoms with Crippen molar-refractivity contribution in [3.05, 3.63) is 0 Å². The monoisotopic (exact) mass is 267 g/mol.